The predicted octanol–water partition coefficient (Wildman–Crippen LogP) is 3.30. The standard InChI is InChI=1S/C15H25F3N4S.HI/c1-14(2,12-6-5-9-23-12)10-21-13(19-3)20-7-8-22(4)11-15(16,17)18;/h5-6,9H,7-8,10-11H2,1-4H3,(H2,19,20,21);1H. The van der Waals surface area contributed by atoms with Gasteiger partial charge in [0, 0.05) is 37.0 Å². The zero-order valence-corrected chi connectivity index (χ0v) is 17.6. The van der Waals surface area contributed by atoms with Gasteiger partial charge in [-0.25, -0.2) is 0 Å². The van der Waals surface area contributed by atoms with Gasteiger partial charge < -0.3 is 10.6 Å². The summed E-state index contributed by atoms with van der Waals surface area (Å²) < 4.78 is 36.7. The summed E-state index contributed by atoms with van der Waals surface area (Å²) in [7, 11) is 3.10. The molecule has 0 radical (unpaired) electrons. The Balaban J connectivity index is 0.00000529. The summed E-state index contributed by atoms with van der Waals surface area (Å²) >= 11 is 1.70. The van der Waals surface area contributed by atoms with E-state index in [1.165, 1.54) is 16.8 Å². The fourth-order valence-corrected chi connectivity index (χ4v) is 2.88. The fourth-order valence-electron chi connectivity index (χ4n) is 2.03. The maximum atomic E-state index is 12.2. The Hall–Kier alpha value is -0.550. The number of nitrogens with one attached hydrogen (secondary N) is 2. The van der Waals surface area contributed by atoms with Gasteiger partial charge in [-0.05, 0) is 18.5 Å². The molecule has 1 rings (SSSR count). The van der Waals surface area contributed by atoms with Gasteiger partial charge in [0.2, 0.25) is 0 Å². The Labute approximate surface area is 162 Å². The van der Waals surface area contributed by atoms with E-state index in [9.17, 15) is 13.2 Å². The SMILES string of the molecule is CN=C(NCCN(C)CC(F)(F)F)NCC(C)(C)c1cccs1.I. The van der Waals surface area contributed by atoms with E-state index >= 15 is 0 Å². The zero-order valence-electron chi connectivity index (χ0n) is 14.4. The number of aliphatic imine (C=N–C) groups is 1. The van der Waals surface area contributed by atoms with Crippen LogP contribution in [0.2, 0.25) is 0 Å². The van der Waals surface area contributed by atoms with Gasteiger partial charge >= 0.3 is 6.18 Å². The summed E-state index contributed by atoms with van der Waals surface area (Å²) in [5, 5.41) is 8.30. The van der Waals surface area contributed by atoms with Crippen molar-refractivity contribution in [2.75, 3.05) is 40.3 Å². The zero-order chi connectivity index (χ0) is 17.5. The molecule has 24 heavy (non-hydrogen) atoms. The molecule has 0 aliphatic carbocycles. The summed E-state index contributed by atoms with van der Waals surface area (Å²) in [6.07, 6.45) is -4.17. The third-order valence-corrected chi connectivity index (χ3v) is 4.58. The predicted molar refractivity (Wildman–Crippen MR) is 106 cm³/mol. The van der Waals surface area contributed by atoms with Gasteiger partial charge in [-0.2, -0.15) is 13.2 Å². The summed E-state index contributed by atoms with van der Waals surface area (Å²) in [5.74, 6) is 0.593. The molecule has 0 fully saturated rings. The molecule has 0 bridgehead atoms. The van der Waals surface area contributed by atoms with Crippen molar-refractivity contribution in [3.8, 4) is 0 Å². The van der Waals surface area contributed by atoms with E-state index in [4.69, 9.17) is 0 Å². The summed E-state index contributed by atoms with van der Waals surface area (Å²) in [4.78, 5) is 6.60. The number of nitrogens with zero attached hydrogens (tertiary/aromatic N) is 2. The molecule has 1 heterocycles. The van der Waals surface area contributed by atoms with Gasteiger partial charge in [-0.3, -0.25) is 9.89 Å². The molecule has 1 aromatic rings. The molecule has 2 N–H and O–H groups in total. The maximum absolute atomic E-state index is 12.2. The number of thiophene rings is 1. The van der Waals surface area contributed by atoms with Gasteiger partial charge in [0.15, 0.2) is 5.96 Å². The summed E-state index contributed by atoms with van der Waals surface area (Å²) in [6, 6.07) is 4.11. The maximum Gasteiger partial charge on any atom is 0.401 e. The molecular weight excluding hydrogens is 452 g/mol. The van der Waals surface area contributed by atoms with Crippen molar-refractivity contribution in [3.63, 3.8) is 0 Å². The Kier molecular flexibility index (Phi) is 10.2. The first-order chi connectivity index (χ1) is 10.6. The number of guanidine groups is 1. The number of likely N-dealkylation sites (N-methyl/N-ethyl adjacent to an activating group) is 1. The average Bonchev–Trinajstić information content (AvgIpc) is 2.95. The highest BCUT2D eigenvalue weighted by molar-refractivity contribution is 14.0. The molecule has 4 nitrogen and oxygen atoms in total. The quantitative estimate of drug-likeness (QED) is 0.359. The Morgan fingerprint density at radius 3 is 2.46 bits per heavy atom. The number of halogens is 4. The summed E-state index contributed by atoms with van der Waals surface area (Å²) in [6.45, 7) is 4.73. The fraction of sp³-hybridized carbons (Fsp3) is 0.667. The Bertz CT molecular complexity index is 489. The largest absolute Gasteiger partial charge is 0.401 e. The van der Waals surface area contributed by atoms with Gasteiger partial charge in [0.05, 0.1) is 6.54 Å². The van der Waals surface area contributed by atoms with Crippen molar-refractivity contribution in [1.29, 1.82) is 0 Å². The highest BCUT2D eigenvalue weighted by Crippen LogP contribution is 2.26. The van der Waals surface area contributed by atoms with Crippen molar-refractivity contribution in [2.24, 2.45) is 4.99 Å². The van der Waals surface area contributed by atoms with Crippen LogP contribution in [0.15, 0.2) is 22.5 Å². The lowest BCUT2D eigenvalue weighted by Crippen LogP contribution is -2.45. The minimum atomic E-state index is -4.17. The van der Waals surface area contributed by atoms with Gasteiger partial charge in [-0.1, -0.05) is 19.9 Å². The highest BCUT2D eigenvalue weighted by Gasteiger charge is 2.28. The van der Waals surface area contributed by atoms with Crippen molar-refractivity contribution >= 4 is 41.3 Å². The monoisotopic (exact) mass is 478 g/mol. The van der Waals surface area contributed by atoms with Crippen molar-refractivity contribution < 1.29 is 13.2 Å². The molecule has 140 valence electrons. The summed E-state index contributed by atoms with van der Waals surface area (Å²) in [5.41, 5.74) is -0.0428. The van der Waals surface area contributed by atoms with E-state index in [2.05, 4.69) is 35.5 Å². The van der Waals surface area contributed by atoms with Crippen LogP contribution in [0.4, 0.5) is 13.2 Å². The minimum absolute atomic E-state index is 0. The van der Waals surface area contributed by atoms with E-state index in [0.717, 1.165) is 0 Å². The Morgan fingerprint density at radius 2 is 1.96 bits per heavy atom. The van der Waals surface area contributed by atoms with E-state index in [0.29, 0.717) is 19.0 Å². The van der Waals surface area contributed by atoms with E-state index in [1.807, 2.05) is 11.4 Å². The topological polar surface area (TPSA) is 39.7 Å². The van der Waals surface area contributed by atoms with Crippen LogP contribution in [0.3, 0.4) is 0 Å². The van der Waals surface area contributed by atoms with Gasteiger partial charge in [0.1, 0.15) is 0 Å². The normalized spacial score (nSPS) is 12.9. The second-order valence-corrected chi connectivity index (χ2v) is 7.01. The number of alkyl halides is 3. The van der Waals surface area contributed by atoms with Crippen molar-refractivity contribution in [3.05, 3.63) is 22.4 Å². The van der Waals surface area contributed by atoms with Crippen LogP contribution < -0.4 is 10.6 Å². The van der Waals surface area contributed by atoms with Crippen LogP contribution in [0.1, 0.15) is 18.7 Å². The van der Waals surface area contributed by atoms with Crippen LogP contribution in [-0.4, -0.2) is 57.3 Å². The first-order valence-corrected chi connectivity index (χ1v) is 8.26. The van der Waals surface area contributed by atoms with E-state index in [-0.39, 0.29) is 35.9 Å². The highest BCUT2D eigenvalue weighted by atomic mass is 127. The number of hydrogen-bond acceptors (Lipinski definition) is 3. The van der Waals surface area contributed by atoms with E-state index < -0.39 is 12.7 Å². The van der Waals surface area contributed by atoms with Crippen LogP contribution in [0.25, 0.3) is 0 Å². The molecule has 0 aliphatic rings. The lowest BCUT2D eigenvalue weighted by Gasteiger charge is -2.25. The lowest BCUT2D eigenvalue weighted by molar-refractivity contribution is -0.142. The number of hydrogen-bond donors (Lipinski definition) is 2. The molecule has 0 unspecified atom stereocenters. The van der Waals surface area contributed by atoms with Crippen LogP contribution in [-0.2, 0) is 5.41 Å². The molecule has 0 saturated carbocycles. The molecular formula is C15H26F3IN4S. The molecule has 0 saturated heterocycles. The average molecular weight is 478 g/mol. The molecule has 0 aliphatic heterocycles. The molecule has 0 atom stereocenters. The van der Waals surface area contributed by atoms with Crippen LogP contribution in [0.5, 0.6) is 0 Å². The third kappa shape index (κ3) is 9.07. The second-order valence-electron chi connectivity index (χ2n) is 6.07. The van der Waals surface area contributed by atoms with Gasteiger partial charge in [-0.15, -0.1) is 35.3 Å². The van der Waals surface area contributed by atoms with Gasteiger partial charge in [0.25, 0.3) is 0 Å². The Morgan fingerprint density at radius 1 is 1.29 bits per heavy atom. The first kappa shape index (κ1) is 23.4. The smallest absolute Gasteiger partial charge is 0.356 e. The molecule has 0 amide bonds. The molecule has 1 aromatic heterocycles. The molecule has 0 aromatic carbocycles. The van der Waals surface area contributed by atoms with Crippen molar-refractivity contribution in [1.82, 2.24) is 15.5 Å². The van der Waals surface area contributed by atoms with Crippen LogP contribution >= 0.6 is 35.3 Å². The molecule has 9 heteroatoms. The minimum Gasteiger partial charge on any atom is -0.356 e. The van der Waals surface area contributed by atoms with Crippen molar-refractivity contribution in [2.45, 2.75) is 25.4 Å². The second kappa shape index (κ2) is 10.4. The van der Waals surface area contributed by atoms with E-state index in [1.54, 1.807) is 18.4 Å². The lowest BCUT2D eigenvalue weighted by atomic mass is 9.91. The number of rotatable bonds is 7. The van der Waals surface area contributed by atoms with Crippen LogP contribution in [0, 0.1) is 0 Å². The first-order valence-electron chi connectivity index (χ1n) is 7.38. The third-order valence-electron chi connectivity index (χ3n) is 3.34. The molecule has 0 spiro atoms.